The molecule has 3 rings (SSSR count). The molecule has 3 aliphatic rings. The molecule has 0 aromatic heterocycles. The number of hydrogen-bond donors (Lipinski definition) is 0. The first kappa shape index (κ1) is 54.4. The Morgan fingerprint density at radius 1 is 0.426 bits per heavy atom. The van der Waals surface area contributed by atoms with E-state index < -0.39 is 29.0 Å². The first-order valence-electron chi connectivity index (χ1n) is 14.5. The van der Waals surface area contributed by atoms with Crippen LogP contribution in [0, 0.1) is 25.7 Å². The van der Waals surface area contributed by atoms with E-state index in [-0.39, 0.29) is 35.3 Å². The Morgan fingerprint density at radius 3 is 0.745 bits per heavy atom. The van der Waals surface area contributed by atoms with Crippen LogP contribution in [0.1, 0.15) is 92.9 Å². The first-order valence-corrected chi connectivity index (χ1v) is 17.7. The molecule has 284 valence electrons. The smallest absolute Gasteiger partial charge is 0.418 e. The number of hydrogen-bond acceptors (Lipinski definition) is 0. The molecule has 2 saturated heterocycles. The zero-order valence-electron chi connectivity index (χ0n) is 27.1. The largest absolute Gasteiger partial charge is 3.00 e. The Kier molecular flexibility index (Phi) is 28.6. The maximum Gasteiger partial charge on any atom is 3.00 e. The quantitative estimate of drug-likeness (QED) is 0.140. The van der Waals surface area contributed by atoms with E-state index in [0.29, 0.717) is 10.3 Å². The molecule has 0 unspecified atom stereocenters. The molecule has 0 bridgehead atoms. The molecule has 3 fully saturated rings. The average molecular weight is 845 g/mol. The van der Waals surface area contributed by atoms with E-state index in [4.69, 9.17) is 0 Å². The monoisotopic (exact) mass is 845 g/mol. The summed E-state index contributed by atoms with van der Waals surface area (Å²) in [5, 5.41) is 1.19. The van der Waals surface area contributed by atoms with Gasteiger partial charge < -0.3 is 69.1 Å². The Morgan fingerprint density at radius 2 is 0.596 bits per heavy atom. The second-order valence-corrected chi connectivity index (χ2v) is 19.0. The van der Waals surface area contributed by atoms with Gasteiger partial charge in [-0.1, -0.05) is 57.4 Å². The predicted octanol–water partition coefficient (Wildman–Crippen LogP) is 13.4. The van der Waals surface area contributed by atoms with Crippen molar-refractivity contribution in [2.45, 2.75) is 115 Å². The maximum absolute atomic E-state index is 9.75. The summed E-state index contributed by atoms with van der Waals surface area (Å²) in [5.74, 6) is 0. The van der Waals surface area contributed by atoms with Gasteiger partial charge in [0.1, 0.15) is 0 Å². The molecule has 4 atom stereocenters. The Labute approximate surface area is 285 Å². The van der Waals surface area contributed by atoms with Crippen molar-refractivity contribution < 1.29 is 88.5 Å². The van der Waals surface area contributed by atoms with Crippen LogP contribution in [0.3, 0.4) is 0 Å². The predicted molar refractivity (Wildman–Crippen MR) is 166 cm³/mol. The van der Waals surface area contributed by atoms with Gasteiger partial charge in [0.2, 0.25) is 0 Å². The topological polar surface area (TPSA) is 0 Å². The van der Waals surface area contributed by atoms with Crippen molar-refractivity contribution in [3.8, 4) is 0 Å². The van der Waals surface area contributed by atoms with Crippen LogP contribution in [0.5, 0.6) is 0 Å². The van der Waals surface area contributed by atoms with Crippen LogP contribution >= 0.6 is 15.8 Å². The maximum atomic E-state index is 9.75. The fourth-order valence-electron chi connectivity index (χ4n) is 4.91. The number of rotatable bonds is 1. The van der Waals surface area contributed by atoms with Crippen LogP contribution in [0.15, 0.2) is 0 Å². The molecule has 0 amide bonds. The molecule has 1 saturated carbocycles. The van der Waals surface area contributed by atoms with Crippen LogP contribution in [0.2, 0.25) is 0 Å². The van der Waals surface area contributed by atoms with E-state index in [1.165, 1.54) is 38.5 Å². The summed E-state index contributed by atoms with van der Waals surface area (Å²) in [5.41, 5.74) is 2.24. The molecule has 4 radical (unpaired) electrons. The van der Waals surface area contributed by atoms with E-state index >= 15 is 0 Å². The van der Waals surface area contributed by atoms with Gasteiger partial charge in [-0.25, -0.2) is 0 Å². The molecule has 0 N–H and O–H groups in total. The van der Waals surface area contributed by atoms with Gasteiger partial charge in [-0.15, -0.1) is 0 Å². The average Bonchev–Trinajstić information content (AvgIpc) is 3.38. The Bertz CT molecular complexity index is 632. The second-order valence-electron chi connectivity index (χ2n) is 12.2. The van der Waals surface area contributed by atoms with Crippen LogP contribution < -0.4 is 0 Å². The van der Waals surface area contributed by atoms with E-state index in [2.05, 4.69) is 67.2 Å². The number of halogens is 16. The van der Waals surface area contributed by atoms with Gasteiger partial charge in [-0.3, -0.25) is 0 Å². The molecule has 1 aliphatic carbocycles. The minimum atomic E-state index is -6.00. The summed E-state index contributed by atoms with van der Waals surface area (Å²) in [6, 6.07) is 0. The molecular formula is C24H44B4F16P2Rh-. The van der Waals surface area contributed by atoms with Crippen LogP contribution in [-0.4, -0.2) is 63.0 Å². The minimum Gasteiger partial charge on any atom is -0.418 e. The normalized spacial score (nSPS) is 23.9. The van der Waals surface area contributed by atoms with Crippen molar-refractivity contribution in [1.82, 2.24) is 0 Å². The van der Waals surface area contributed by atoms with Gasteiger partial charge in [0.15, 0.2) is 0 Å². The van der Waals surface area contributed by atoms with Crippen molar-refractivity contribution >= 4 is 44.9 Å². The van der Waals surface area contributed by atoms with Crippen molar-refractivity contribution in [2.75, 3.05) is 12.3 Å². The summed E-state index contributed by atoms with van der Waals surface area (Å²) in [6.45, 7) is 15.0. The Balaban J connectivity index is -0.000000267. The van der Waals surface area contributed by atoms with Crippen molar-refractivity contribution in [3.05, 3.63) is 25.7 Å². The minimum absolute atomic E-state index is 0. The molecule has 0 aromatic carbocycles. The summed E-state index contributed by atoms with van der Waals surface area (Å²) in [7, 11) is -23.4. The summed E-state index contributed by atoms with van der Waals surface area (Å²) < 4.78 is 156. The van der Waals surface area contributed by atoms with Gasteiger partial charge in [-0.2, -0.15) is 0 Å². The fourth-order valence-corrected chi connectivity index (χ4v) is 13.0. The van der Waals surface area contributed by atoms with Gasteiger partial charge >= 0.3 is 48.5 Å². The zero-order chi connectivity index (χ0) is 37.2. The summed E-state index contributed by atoms with van der Waals surface area (Å²) in [4.78, 5) is 0. The van der Waals surface area contributed by atoms with E-state index in [1.807, 2.05) is 0 Å². The van der Waals surface area contributed by atoms with Crippen molar-refractivity contribution in [1.29, 1.82) is 0 Å². The zero-order valence-corrected chi connectivity index (χ0v) is 30.5. The standard InChI is InChI=1S/C16H32P2.C8H12.4BF4.Rh/c1-15(2,3)17-11-7-9-13(17)14-10-8-12-18(14)16(4,5)6;1-2-4-6-8-7-5-3-1;4*2-1(3,4)5;/h13-14H,7-12H2,1-6H3;1-2,7-8H,3-6H2;;;;;/q;;4*-1;+3/t13-,14-,17-,18-;;;;;;/m1....../s1. The van der Waals surface area contributed by atoms with Crippen molar-refractivity contribution in [2.24, 2.45) is 0 Å². The SMILES string of the molecule is CC(C)(C)[P@]1CCC[C@@H]1[C@H]1CCC[P@@]1C(C)(C)C.F[B-](F)(F)F.F[B-](F)(F)F.F[B-](F)(F)F.F[B-](F)(F)F.[CH]1[CH]CC[CH][CH]CC1.[Rh+3]. The third-order valence-corrected chi connectivity index (χ3v) is 14.2. The molecular weight excluding hydrogens is 800 g/mol. The molecule has 2 aliphatic heterocycles. The van der Waals surface area contributed by atoms with Crippen LogP contribution in [0.4, 0.5) is 69.1 Å². The molecule has 47 heavy (non-hydrogen) atoms. The molecule has 0 aromatic rings. The fraction of sp³-hybridized carbons (Fsp3) is 0.833. The molecule has 2 heterocycles. The van der Waals surface area contributed by atoms with E-state index in [1.54, 1.807) is 25.2 Å². The molecule has 0 spiro atoms. The third-order valence-electron chi connectivity index (χ3n) is 6.10. The van der Waals surface area contributed by atoms with Gasteiger partial charge in [0.25, 0.3) is 0 Å². The summed E-state index contributed by atoms with van der Waals surface area (Å²) in [6.07, 6.45) is 23.3. The van der Waals surface area contributed by atoms with Crippen LogP contribution in [0.25, 0.3) is 0 Å². The molecule has 23 heteroatoms. The van der Waals surface area contributed by atoms with Gasteiger partial charge in [0.05, 0.1) is 0 Å². The van der Waals surface area contributed by atoms with E-state index in [9.17, 15) is 69.1 Å². The van der Waals surface area contributed by atoms with Gasteiger partial charge in [-0.05, 0) is 111 Å². The Hall–Kier alpha value is 0.623. The first-order chi connectivity index (χ1) is 20.2. The van der Waals surface area contributed by atoms with Crippen LogP contribution in [-0.2, 0) is 19.5 Å². The van der Waals surface area contributed by atoms with E-state index in [0.717, 1.165) is 11.3 Å². The molecule has 0 nitrogen and oxygen atoms in total. The summed E-state index contributed by atoms with van der Waals surface area (Å²) >= 11 is 0. The third kappa shape index (κ3) is 46.6. The van der Waals surface area contributed by atoms with Crippen molar-refractivity contribution in [3.63, 3.8) is 0 Å². The second kappa shape index (κ2) is 24.7. The van der Waals surface area contributed by atoms with Gasteiger partial charge in [0, 0.05) is 0 Å².